The number of benzene rings is 1. The van der Waals surface area contributed by atoms with Gasteiger partial charge in [0.25, 0.3) is 5.56 Å². The number of aromatic nitrogens is 2. The average Bonchev–Trinajstić information content (AvgIpc) is 3.25. The fraction of sp³-hybridized carbons (Fsp3) is 0.381. The molecule has 1 amide bonds. The summed E-state index contributed by atoms with van der Waals surface area (Å²) >= 11 is 1.62. The summed E-state index contributed by atoms with van der Waals surface area (Å²) in [5, 5.41) is 3.69. The Bertz CT molecular complexity index is 1070. The van der Waals surface area contributed by atoms with E-state index in [-0.39, 0.29) is 11.5 Å². The zero-order valence-electron chi connectivity index (χ0n) is 16.2. The van der Waals surface area contributed by atoms with Gasteiger partial charge in [-0.3, -0.25) is 9.59 Å². The van der Waals surface area contributed by atoms with Crippen molar-refractivity contribution in [2.24, 2.45) is 0 Å². The predicted octanol–water partition coefficient (Wildman–Crippen LogP) is 2.79. The first kappa shape index (κ1) is 18.7. The van der Waals surface area contributed by atoms with Crippen LogP contribution < -0.4 is 15.8 Å². The van der Waals surface area contributed by atoms with Gasteiger partial charge in [0.1, 0.15) is 10.7 Å². The Morgan fingerprint density at radius 1 is 1.25 bits per heavy atom. The summed E-state index contributed by atoms with van der Waals surface area (Å²) in [6.07, 6.45) is 3.87. The van der Waals surface area contributed by atoms with Crippen LogP contribution in [-0.4, -0.2) is 30.0 Å². The van der Waals surface area contributed by atoms with Crippen molar-refractivity contribution in [1.29, 1.82) is 0 Å². The van der Waals surface area contributed by atoms with Crippen LogP contribution in [-0.2, 0) is 30.6 Å². The summed E-state index contributed by atoms with van der Waals surface area (Å²) in [6, 6.07) is 8.09. The van der Waals surface area contributed by atoms with Crippen LogP contribution >= 0.6 is 11.3 Å². The highest BCUT2D eigenvalue weighted by Crippen LogP contribution is 2.34. The molecule has 1 aliphatic rings. The van der Waals surface area contributed by atoms with E-state index in [0.717, 1.165) is 40.7 Å². The Kier molecular flexibility index (Phi) is 5.17. The zero-order chi connectivity index (χ0) is 19.7. The molecule has 4 rings (SSSR count). The maximum absolute atomic E-state index is 12.5. The molecule has 7 heteroatoms. The number of carbonyl (C=O) groups is 1. The van der Waals surface area contributed by atoms with E-state index in [0.29, 0.717) is 25.2 Å². The van der Waals surface area contributed by atoms with E-state index in [1.165, 1.54) is 10.4 Å². The van der Waals surface area contributed by atoms with Gasteiger partial charge in [0.15, 0.2) is 0 Å². The monoisotopic (exact) mass is 396 g/mol. The lowest BCUT2D eigenvalue weighted by Crippen LogP contribution is -2.23. The summed E-state index contributed by atoms with van der Waals surface area (Å²) in [4.78, 5) is 36.3. The summed E-state index contributed by atoms with van der Waals surface area (Å²) in [5.41, 5.74) is 3.29. The van der Waals surface area contributed by atoms with Crippen molar-refractivity contribution in [2.75, 3.05) is 19.0 Å². The Labute approximate surface area is 167 Å². The van der Waals surface area contributed by atoms with E-state index in [9.17, 15) is 9.59 Å². The fourth-order valence-corrected chi connectivity index (χ4v) is 4.88. The van der Waals surface area contributed by atoms with Gasteiger partial charge in [-0.05, 0) is 42.5 Å². The normalized spacial score (nSPS) is 12.9. The third-order valence-corrected chi connectivity index (χ3v) is 6.34. The Morgan fingerprint density at radius 3 is 2.79 bits per heavy atom. The minimum Gasteiger partial charge on any atom is -0.378 e. The lowest BCUT2D eigenvalue weighted by atomic mass is 10.2. The average molecular weight is 397 g/mol. The van der Waals surface area contributed by atoms with Gasteiger partial charge in [-0.25, -0.2) is 4.98 Å². The minimum absolute atomic E-state index is 0.0480. The number of fused-ring (bicyclic) bond motifs is 3. The third-order valence-electron chi connectivity index (χ3n) is 5.16. The lowest BCUT2D eigenvalue weighted by molar-refractivity contribution is -0.121. The predicted molar refractivity (Wildman–Crippen MR) is 113 cm³/mol. The molecule has 1 aliphatic carbocycles. The SMILES string of the molecule is CN(C)c1ccc(CNC(=O)CCc2nc3sc4c(c3c(=O)[nH]2)CCC4)cc1. The van der Waals surface area contributed by atoms with Crippen molar-refractivity contribution < 1.29 is 4.79 Å². The molecule has 0 aliphatic heterocycles. The molecule has 0 bridgehead atoms. The van der Waals surface area contributed by atoms with Gasteiger partial charge in [0.2, 0.25) is 5.91 Å². The first-order valence-electron chi connectivity index (χ1n) is 9.57. The molecule has 2 aromatic heterocycles. The number of hydrogen-bond acceptors (Lipinski definition) is 5. The molecule has 2 heterocycles. The smallest absolute Gasteiger partial charge is 0.259 e. The molecule has 0 unspecified atom stereocenters. The molecule has 0 spiro atoms. The maximum Gasteiger partial charge on any atom is 0.259 e. The topological polar surface area (TPSA) is 78.1 Å². The van der Waals surface area contributed by atoms with Crippen LogP contribution in [0.1, 0.15) is 34.7 Å². The molecule has 1 aromatic carbocycles. The maximum atomic E-state index is 12.5. The summed E-state index contributed by atoms with van der Waals surface area (Å²) in [5.74, 6) is 0.538. The second kappa shape index (κ2) is 7.75. The van der Waals surface area contributed by atoms with Gasteiger partial charge in [0.05, 0.1) is 5.39 Å². The number of rotatable bonds is 6. The van der Waals surface area contributed by atoms with Crippen molar-refractivity contribution in [3.63, 3.8) is 0 Å². The summed E-state index contributed by atoms with van der Waals surface area (Å²) < 4.78 is 0. The van der Waals surface area contributed by atoms with E-state index < -0.39 is 0 Å². The van der Waals surface area contributed by atoms with Gasteiger partial charge in [-0.2, -0.15) is 0 Å². The highest BCUT2D eigenvalue weighted by atomic mass is 32.1. The standard InChI is InChI=1S/C21H24N4O2S/c1-25(2)14-8-6-13(7-9-14)12-22-18(26)11-10-17-23-20(27)19-15-4-3-5-16(15)28-21(19)24-17/h6-9H,3-5,10-12H2,1-2H3,(H,22,26)(H,23,24,27). The highest BCUT2D eigenvalue weighted by Gasteiger charge is 2.21. The number of amides is 1. The first-order chi connectivity index (χ1) is 13.5. The molecule has 28 heavy (non-hydrogen) atoms. The van der Waals surface area contributed by atoms with E-state index in [2.05, 4.69) is 15.3 Å². The van der Waals surface area contributed by atoms with Crippen molar-refractivity contribution >= 4 is 33.1 Å². The molecule has 2 N–H and O–H groups in total. The summed E-state index contributed by atoms with van der Waals surface area (Å²) in [6.45, 7) is 0.493. The van der Waals surface area contributed by atoms with Gasteiger partial charge >= 0.3 is 0 Å². The molecular formula is C21H24N4O2S. The molecule has 0 saturated heterocycles. The molecule has 0 radical (unpaired) electrons. The number of anilines is 1. The third kappa shape index (κ3) is 3.80. The number of nitrogens with one attached hydrogen (secondary N) is 2. The van der Waals surface area contributed by atoms with Crippen molar-refractivity contribution in [2.45, 2.75) is 38.6 Å². The molecule has 0 fully saturated rings. The lowest BCUT2D eigenvalue weighted by Gasteiger charge is -2.13. The van der Waals surface area contributed by atoms with E-state index >= 15 is 0 Å². The van der Waals surface area contributed by atoms with Crippen LogP contribution in [0.2, 0.25) is 0 Å². The number of nitrogens with zero attached hydrogens (tertiary/aromatic N) is 2. The molecule has 6 nitrogen and oxygen atoms in total. The number of thiophene rings is 1. The zero-order valence-corrected chi connectivity index (χ0v) is 17.0. The van der Waals surface area contributed by atoms with Crippen LogP contribution in [0, 0.1) is 0 Å². The van der Waals surface area contributed by atoms with Crippen LogP contribution in [0.15, 0.2) is 29.1 Å². The second-order valence-corrected chi connectivity index (χ2v) is 8.47. The van der Waals surface area contributed by atoms with Crippen molar-refractivity contribution in [3.05, 3.63) is 56.4 Å². The van der Waals surface area contributed by atoms with Crippen LogP contribution in [0.5, 0.6) is 0 Å². The fourth-order valence-electron chi connectivity index (χ4n) is 3.60. The Balaban J connectivity index is 1.35. The van der Waals surface area contributed by atoms with Crippen molar-refractivity contribution in [3.8, 4) is 0 Å². The van der Waals surface area contributed by atoms with Gasteiger partial charge in [-0.1, -0.05) is 12.1 Å². The molecule has 3 aromatic rings. The van der Waals surface area contributed by atoms with Gasteiger partial charge < -0.3 is 15.2 Å². The van der Waals surface area contributed by atoms with Crippen LogP contribution in [0.3, 0.4) is 0 Å². The van der Waals surface area contributed by atoms with E-state index in [4.69, 9.17) is 0 Å². The number of carbonyl (C=O) groups excluding carboxylic acids is 1. The molecule has 0 saturated carbocycles. The Hall–Kier alpha value is -2.67. The summed E-state index contributed by atoms with van der Waals surface area (Å²) in [7, 11) is 3.99. The van der Waals surface area contributed by atoms with Crippen LogP contribution in [0.4, 0.5) is 5.69 Å². The number of aryl methyl sites for hydroxylation is 3. The largest absolute Gasteiger partial charge is 0.378 e. The first-order valence-corrected chi connectivity index (χ1v) is 10.4. The molecular weight excluding hydrogens is 372 g/mol. The number of aromatic amines is 1. The van der Waals surface area contributed by atoms with Gasteiger partial charge in [-0.15, -0.1) is 11.3 Å². The van der Waals surface area contributed by atoms with Crippen molar-refractivity contribution in [1.82, 2.24) is 15.3 Å². The van der Waals surface area contributed by atoms with Gasteiger partial charge in [0, 0.05) is 44.0 Å². The number of hydrogen-bond donors (Lipinski definition) is 2. The minimum atomic E-state index is -0.0687. The second-order valence-electron chi connectivity index (χ2n) is 7.39. The Morgan fingerprint density at radius 2 is 2.04 bits per heavy atom. The quantitative estimate of drug-likeness (QED) is 0.672. The highest BCUT2D eigenvalue weighted by molar-refractivity contribution is 7.18. The van der Waals surface area contributed by atoms with E-state index in [1.54, 1.807) is 11.3 Å². The van der Waals surface area contributed by atoms with Crippen LogP contribution in [0.25, 0.3) is 10.2 Å². The molecule has 0 atom stereocenters. The van der Waals surface area contributed by atoms with E-state index in [1.807, 2.05) is 43.3 Å². The number of H-pyrrole nitrogens is 1. The molecule has 146 valence electrons.